The van der Waals surface area contributed by atoms with Crippen LogP contribution in [0.2, 0.25) is 5.02 Å². The summed E-state index contributed by atoms with van der Waals surface area (Å²) in [6.45, 7) is 1.28. The lowest BCUT2D eigenvalue weighted by molar-refractivity contribution is -0.135. The summed E-state index contributed by atoms with van der Waals surface area (Å²) in [4.78, 5) is 40.7. The highest BCUT2D eigenvalue weighted by atomic mass is 35.5. The summed E-state index contributed by atoms with van der Waals surface area (Å²) in [7, 11) is 0. The summed E-state index contributed by atoms with van der Waals surface area (Å²) in [6.07, 6.45) is 6.69. The molecule has 3 N–H and O–H groups in total. The Morgan fingerprint density at radius 1 is 1.30 bits per heavy atom. The summed E-state index contributed by atoms with van der Waals surface area (Å²) in [6, 6.07) is 7.20. The molecule has 0 atom stereocenters. The number of rotatable bonds is 8. The SMILES string of the molecule is C/C=C\C(=C/N=Cc1ccccc1Cl)Cn1c2c(c(O)c(C(=O)NCC(=O)O)c1=O)COC2. The summed E-state index contributed by atoms with van der Waals surface area (Å²) < 4.78 is 6.72. The molecule has 1 aliphatic heterocycles. The molecule has 9 nitrogen and oxygen atoms in total. The van der Waals surface area contributed by atoms with Gasteiger partial charge in [0.25, 0.3) is 11.5 Å². The van der Waals surface area contributed by atoms with E-state index < -0.39 is 35.3 Å². The van der Waals surface area contributed by atoms with Crippen LogP contribution in [0, 0.1) is 0 Å². The molecule has 0 saturated heterocycles. The summed E-state index contributed by atoms with van der Waals surface area (Å²) in [5, 5.41) is 22.0. The Morgan fingerprint density at radius 3 is 2.76 bits per heavy atom. The molecule has 1 aliphatic rings. The maximum absolute atomic E-state index is 13.1. The largest absolute Gasteiger partial charge is 0.506 e. The highest BCUT2D eigenvalue weighted by Crippen LogP contribution is 2.30. The molecule has 33 heavy (non-hydrogen) atoms. The number of aromatic hydroxyl groups is 1. The Hall–Kier alpha value is -3.69. The molecular formula is C23H22ClN3O6. The van der Waals surface area contributed by atoms with Crippen molar-refractivity contribution in [3.63, 3.8) is 0 Å². The Labute approximate surface area is 194 Å². The second-order valence-corrected chi connectivity index (χ2v) is 7.52. The van der Waals surface area contributed by atoms with Gasteiger partial charge in [-0.05, 0) is 18.6 Å². The van der Waals surface area contributed by atoms with Gasteiger partial charge in [-0.1, -0.05) is 42.0 Å². The van der Waals surface area contributed by atoms with Gasteiger partial charge in [0.1, 0.15) is 17.9 Å². The first kappa shape index (κ1) is 24.0. The van der Waals surface area contributed by atoms with Crippen molar-refractivity contribution in [2.24, 2.45) is 4.99 Å². The van der Waals surface area contributed by atoms with E-state index in [9.17, 15) is 19.5 Å². The highest BCUT2D eigenvalue weighted by molar-refractivity contribution is 6.33. The number of aliphatic imine (C=N–C) groups is 1. The van der Waals surface area contributed by atoms with Gasteiger partial charge in [0.15, 0.2) is 0 Å². The zero-order valence-electron chi connectivity index (χ0n) is 17.7. The van der Waals surface area contributed by atoms with E-state index in [4.69, 9.17) is 21.4 Å². The van der Waals surface area contributed by atoms with Crippen LogP contribution >= 0.6 is 11.6 Å². The van der Waals surface area contributed by atoms with Crippen molar-refractivity contribution in [3.05, 3.63) is 86.0 Å². The number of carboxylic acid groups (broad SMARTS) is 1. The van der Waals surface area contributed by atoms with Gasteiger partial charge < -0.3 is 24.8 Å². The van der Waals surface area contributed by atoms with Crippen molar-refractivity contribution in [1.82, 2.24) is 9.88 Å². The van der Waals surface area contributed by atoms with Crippen LogP contribution in [0.3, 0.4) is 0 Å². The number of nitrogens with zero attached hydrogens (tertiary/aromatic N) is 2. The number of allylic oxidation sites excluding steroid dienone is 3. The first-order valence-corrected chi connectivity index (χ1v) is 10.4. The van der Waals surface area contributed by atoms with Gasteiger partial charge in [0.05, 0.1) is 25.5 Å². The number of aliphatic carboxylic acids is 1. The quantitative estimate of drug-likeness (QED) is 0.401. The molecule has 10 heteroatoms. The van der Waals surface area contributed by atoms with Crippen molar-refractivity contribution >= 4 is 29.7 Å². The number of halogens is 1. The topological polar surface area (TPSA) is 130 Å². The fourth-order valence-corrected chi connectivity index (χ4v) is 3.50. The van der Waals surface area contributed by atoms with Crippen LogP contribution in [0.4, 0.5) is 0 Å². The summed E-state index contributed by atoms with van der Waals surface area (Å²) in [5.74, 6) is -2.75. The van der Waals surface area contributed by atoms with E-state index in [1.165, 1.54) is 4.57 Å². The Bertz CT molecular complexity index is 1230. The number of hydrogen-bond donors (Lipinski definition) is 3. The normalized spacial score (nSPS) is 13.6. The molecule has 2 aromatic rings. The molecule has 1 aromatic heterocycles. The summed E-state index contributed by atoms with van der Waals surface area (Å²) >= 11 is 6.14. The molecule has 0 saturated carbocycles. The molecule has 2 heterocycles. The predicted octanol–water partition coefficient (Wildman–Crippen LogP) is 2.63. The van der Waals surface area contributed by atoms with E-state index >= 15 is 0 Å². The van der Waals surface area contributed by atoms with Gasteiger partial charge in [0.2, 0.25) is 0 Å². The van der Waals surface area contributed by atoms with Crippen LogP contribution in [0.5, 0.6) is 5.75 Å². The van der Waals surface area contributed by atoms with Gasteiger partial charge in [-0.25, -0.2) is 0 Å². The first-order chi connectivity index (χ1) is 15.8. The number of carboxylic acids is 1. The van der Waals surface area contributed by atoms with E-state index in [0.717, 1.165) is 5.56 Å². The number of aromatic nitrogens is 1. The fourth-order valence-electron chi connectivity index (χ4n) is 3.32. The number of carbonyl (C=O) groups is 2. The number of amides is 1. The minimum atomic E-state index is -1.28. The minimum Gasteiger partial charge on any atom is -0.506 e. The third-order valence-electron chi connectivity index (χ3n) is 4.85. The number of carbonyl (C=O) groups excluding carboxylic acids is 1. The monoisotopic (exact) mass is 471 g/mol. The first-order valence-electron chi connectivity index (χ1n) is 9.98. The zero-order chi connectivity index (χ0) is 24.0. The van der Waals surface area contributed by atoms with E-state index in [2.05, 4.69) is 10.3 Å². The van der Waals surface area contributed by atoms with Crippen molar-refractivity contribution in [3.8, 4) is 5.75 Å². The number of nitrogens with one attached hydrogen (secondary N) is 1. The molecule has 172 valence electrons. The van der Waals surface area contributed by atoms with Crippen LogP contribution < -0.4 is 10.9 Å². The zero-order valence-corrected chi connectivity index (χ0v) is 18.5. The molecule has 0 fully saturated rings. The van der Waals surface area contributed by atoms with E-state index in [0.29, 0.717) is 21.9 Å². The van der Waals surface area contributed by atoms with Crippen LogP contribution in [-0.2, 0) is 29.3 Å². The molecule has 0 unspecified atom stereocenters. The van der Waals surface area contributed by atoms with Crippen LogP contribution in [0.15, 0.2) is 58.0 Å². The maximum Gasteiger partial charge on any atom is 0.322 e. The number of benzene rings is 1. The highest BCUT2D eigenvalue weighted by Gasteiger charge is 2.29. The van der Waals surface area contributed by atoms with Crippen LogP contribution in [-0.4, -0.2) is 39.4 Å². The molecule has 0 bridgehead atoms. The maximum atomic E-state index is 13.1. The average Bonchev–Trinajstić information content (AvgIpc) is 3.26. The van der Waals surface area contributed by atoms with Crippen molar-refractivity contribution in [1.29, 1.82) is 0 Å². The van der Waals surface area contributed by atoms with Gasteiger partial charge in [-0.3, -0.25) is 19.4 Å². The van der Waals surface area contributed by atoms with Gasteiger partial charge >= 0.3 is 5.97 Å². The van der Waals surface area contributed by atoms with Crippen molar-refractivity contribution in [2.75, 3.05) is 6.54 Å². The molecule has 0 radical (unpaired) electrons. The van der Waals surface area contributed by atoms with Crippen LogP contribution in [0.25, 0.3) is 0 Å². The minimum absolute atomic E-state index is 0.0218. The number of hydrogen-bond acceptors (Lipinski definition) is 6. The Morgan fingerprint density at radius 2 is 2.06 bits per heavy atom. The third kappa shape index (κ3) is 5.57. The average molecular weight is 472 g/mol. The van der Waals surface area contributed by atoms with Crippen molar-refractivity contribution < 1.29 is 24.5 Å². The summed E-state index contributed by atoms with van der Waals surface area (Å²) in [5.41, 5.74) is 0.834. The second-order valence-electron chi connectivity index (χ2n) is 7.11. The molecule has 0 aliphatic carbocycles. The van der Waals surface area contributed by atoms with Crippen molar-refractivity contribution in [2.45, 2.75) is 26.7 Å². The van der Waals surface area contributed by atoms with E-state index in [-0.39, 0.29) is 19.8 Å². The second kappa shape index (κ2) is 10.8. The molecule has 1 aromatic carbocycles. The van der Waals surface area contributed by atoms with Gasteiger partial charge in [-0.15, -0.1) is 0 Å². The van der Waals surface area contributed by atoms with Gasteiger partial charge in [0, 0.05) is 28.6 Å². The van der Waals surface area contributed by atoms with Crippen LogP contribution in [0.1, 0.15) is 34.1 Å². The molecule has 3 rings (SSSR count). The van der Waals surface area contributed by atoms with E-state index in [1.54, 1.807) is 30.6 Å². The molecule has 1 amide bonds. The lowest BCUT2D eigenvalue weighted by Crippen LogP contribution is -2.37. The van der Waals surface area contributed by atoms with E-state index in [1.807, 2.05) is 25.1 Å². The van der Waals surface area contributed by atoms with Gasteiger partial charge in [-0.2, -0.15) is 0 Å². The predicted molar refractivity (Wildman–Crippen MR) is 123 cm³/mol. The number of fused-ring (bicyclic) bond motifs is 1. The lowest BCUT2D eigenvalue weighted by Gasteiger charge is -2.15. The lowest BCUT2D eigenvalue weighted by atomic mass is 10.1. The number of ether oxygens (including phenoxy) is 1. The smallest absolute Gasteiger partial charge is 0.322 e. The Kier molecular flexibility index (Phi) is 7.81. The fraction of sp³-hybridized carbons (Fsp3) is 0.217. The number of pyridine rings is 1. The Balaban J connectivity index is 2.00. The third-order valence-corrected chi connectivity index (χ3v) is 5.19. The molecule has 0 spiro atoms. The molecular weight excluding hydrogens is 450 g/mol. The standard InChI is InChI=1S/C23H22ClN3O6/c1-2-5-14(8-25-9-15-6-3-4-7-17(15)24)11-27-18-13-33-12-16(18)21(30)20(23(27)32)22(31)26-10-19(28)29/h2-9,30H,10-13H2,1H3,(H,26,31)(H,28,29)/b5-2-,14-8+,25-9?.